The number of carbonyl (C=O) groups excluding carboxylic acids is 1. The van der Waals surface area contributed by atoms with E-state index >= 15 is 0 Å². The van der Waals surface area contributed by atoms with Crippen LogP contribution in [0.2, 0.25) is 0 Å². The lowest BCUT2D eigenvalue weighted by Gasteiger charge is -2.22. The first-order chi connectivity index (χ1) is 18.3. The molecular weight excluding hydrogens is 492 g/mol. The van der Waals surface area contributed by atoms with E-state index in [1.165, 1.54) is 6.07 Å². The number of carboxylic acids is 1. The summed E-state index contributed by atoms with van der Waals surface area (Å²) in [4.78, 5) is 38.9. The largest absolute Gasteiger partial charge is 0.480 e. The molecule has 200 valence electrons. The molecule has 0 radical (unpaired) electrons. The van der Waals surface area contributed by atoms with Crippen molar-refractivity contribution in [2.24, 2.45) is 0 Å². The maximum Gasteiger partial charge on any atom is 0.412 e. The molecule has 3 aromatic rings. The second kappa shape index (κ2) is 13.6. The fourth-order valence-corrected chi connectivity index (χ4v) is 3.68. The van der Waals surface area contributed by atoms with Crippen LogP contribution in [-0.4, -0.2) is 52.8 Å². The number of benzene rings is 2. The zero-order valence-corrected chi connectivity index (χ0v) is 21.0. The number of anilines is 3. The second-order valence-electron chi connectivity index (χ2n) is 8.31. The van der Waals surface area contributed by atoms with E-state index in [2.05, 4.69) is 26.3 Å². The van der Waals surface area contributed by atoms with Crippen LogP contribution in [-0.2, 0) is 9.53 Å². The van der Waals surface area contributed by atoms with Crippen LogP contribution in [0.25, 0.3) is 0 Å². The molecule has 0 fully saturated rings. The standard InChI is InChI=1S/C26H30N6O6/c1-3-38-26(35)31-21-14-20(24(32(36)37)25(30-21)28-15-17(2)27-16-22(33)34)29-23(18-10-6-4-7-11-18)19-12-8-5-9-13-19/h4-14,17,23,27H,3,15-16H2,1-2H3,(H,33,34)(H3,28,29,30,31,35). The molecule has 38 heavy (non-hydrogen) atoms. The van der Waals surface area contributed by atoms with Gasteiger partial charge in [0.15, 0.2) is 0 Å². The zero-order valence-electron chi connectivity index (χ0n) is 21.0. The van der Waals surface area contributed by atoms with Gasteiger partial charge in [0, 0.05) is 18.7 Å². The highest BCUT2D eigenvalue weighted by Gasteiger charge is 2.27. The topological polar surface area (TPSA) is 168 Å². The third kappa shape index (κ3) is 7.90. The number of carboxylic acid groups (broad SMARTS) is 1. The number of pyridine rings is 1. The van der Waals surface area contributed by atoms with Crippen molar-refractivity contribution in [2.75, 3.05) is 35.6 Å². The lowest BCUT2D eigenvalue weighted by Crippen LogP contribution is -2.36. The number of rotatable bonds is 13. The van der Waals surface area contributed by atoms with Gasteiger partial charge in [0.25, 0.3) is 0 Å². The van der Waals surface area contributed by atoms with E-state index in [1.807, 2.05) is 60.7 Å². The van der Waals surface area contributed by atoms with Crippen LogP contribution in [0.4, 0.5) is 27.8 Å². The summed E-state index contributed by atoms with van der Waals surface area (Å²) in [6.07, 6.45) is -0.759. The Bertz CT molecular complexity index is 1200. The van der Waals surface area contributed by atoms with Gasteiger partial charge in [-0.3, -0.25) is 20.2 Å². The highest BCUT2D eigenvalue weighted by atomic mass is 16.6. The Morgan fingerprint density at radius 3 is 2.21 bits per heavy atom. The first kappa shape index (κ1) is 27.9. The van der Waals surface area contributed by atoms with Crippen molar-refractivity contribution in [3.63, 3.8) is 0 Å². The number of aromatic nitrogens is 1. The maximum atomic E-state index is 12.3. The zero-order chi connectivity index (χ0) is 27.5. The number of amides is 1. The lowest BCUT2D eigenvalue weighted by atomic mass is 9.98. The molecule has 1 atom stereocenters. The van der Waals surface area contributed by atoms with Gasteiger partial charge in [-0.25, -0.2) is 9.78 Å². The highest BCUT2D eigenvalue weighted by molar-refractivity contribution is 5.87. The normalized spacial score (nSPS) is 11.4. The van der Waals surface area contributed by atoms with Crippen LogP contribution < -0.4 is 21.3 Å². The molecule has 1 amide bonds. The molecule has 5 N–H and O–H groups in total. The predicted octanol–water partition coefficient (Wildman–Crippen LogP) is 4.23. The van der Waals surface area contributed by atoms with Crippen molar-refractivity contribution in [3.8, 4) is 0 Å². The summed E-state index contributed by atoms with van der Waals surface area (Å²) >= 11 is 0. The minimum absolute atomic E-state index is 0.0325. The van der Waals surface area contributed by atoms with E-state index in [1.54, 1.807) is 13.8 Å². The van der Waals surface area contributed by atoms with E-state index < -0.39 is 23.0 Å². The predicted molar refractivity (Wildman–Crippen MR) is 143 cm³/mol. The molecule has 1 unspecified atom stereocenters. The molecular formula is C26H30N6O6. The average molecular weight is 523 g/mol. The molecule has 3 rings (SSSR count). The molecule has 0 spiro atoms. The lowest BCUT2D eigenvalue weighted by molar-refractivity contribution is -0.383. The van der Waals surface area contributed by atoms with Crippen molar-refractivity contribution >= 4 is 35.1 Å². The van der Waals surface area contributed by atoms with Crippen LogP contribution in [0.5, 0.6) is 0 Å². The fourth-order valence-electron chi connectivity index (χ4n) is 3.68. The second-order valence-corrected chi connectivity index (χ2v) is 8.31. The van der Waals surface area contributed by atoms with Gasteiger partial charge in [-0.1, -0.05) is 60.7 Å². The number of hydrogen-bond donors (Lipinski definition) is 5. The molecule has 0 saturated heterocycles. The minimum atomic E-state index is -1.03. The highest BCUT2D eigenvalue weighted by Crippen LogP contribution is 2.37. The molecule has 0 bridgehead atoms. The third-order valence-corrected chi connectivity index (χ3v) is 5.42. The van der Waals surface area contributed by atoms with Crippen LogP contribution in [0.1, 0.15) is 31.0 Å². The summed E-state index contributed by atoms with van der Waals surface area (Å²) in [6, 6.07) is 19.5. The van der Waals surface area contributed by atoms with Gasteiger partial charge in [0.2, 0.25) is 5.82 Å². The Hall–Kier alpha value is -4.71. The van der Waals surface area contributed by atoms with Gasteiger partial charge >= 0.3 is 17.7 Å². The first-order valence-corrected chi connectivity index (χ1v) is 12.0. The average Bonchev–Trinajstić information content (AvgIpc) is 2.90. The summed E-state index contributed by atoms with van der Waals surface area (Å²) in [5.41, 5.74) is 1.52. The molecule has 0 aliphatic rings. The van der Waals surface area contributed by atoms with Crippen LogP contribution in [0, 0.1) is 10.1 Å². The molecule has 0 aliphatic heterocycles. The summed E-state index contributed by atoms with van der Waals surface area (Å²) in [6.45, 7) is 3.36. The summed E-state index contributed by atoms with van der Waals surface area (Å²) in [7, 11) is 0. The number of nitrogens with one attached hydrogen (secondary N) is 4. The van der Waals surface area contributed by atoms with E-state index in [9.17, 15) is 19.7 Å². The number of nitro groups is 1. The third-order valence-electron chi connectivity index (χ3n) is 5.42. The van der Waals surface area contributed by atoms with Gasteiger partial charge in [-0.2, -0.15) is 0 Å². The van der Waals surface area contributed by atoms with E-state index in [0.29, 0.717) is 0 Å². The summed E-state index contributed by atoms with van der Waals surface area (Å²) < 4.78 is 4.95. The molecule has 12 heteroatoms. The maximum absolute atomic E-state index is 12.3. The van der Waals surface area contributed by atoms with Gasteiger partial charge < -0.3 is 25.8 Å². The quantitative estimate of drug-likeness (QED) is 0.162. The van der Waals surface area contributed by atoms with Crippen LogP contribution in [0.3, 0.4) is 0 Å². The van der Waals surface area contributed by atoms with Gasteiger partial charge in [0.1, 0.15) is 11.5 Å². The fraction of sp³-hybridized carbons (Fsp3) is 0.269. The Kier molecular flexibility index (Phi) is 9.94. The van der Waals surface area contributed by atoms with Crippen molar-refractivity contribution in [2.45, 2.75) is 25.9 Å². The number of nitrogens with zero attached hydrogens (tertiary/aromatic N) is 2. The first-order valence-electron chi connectivity index (χ1n) is 12.0. The molecule has 0 aliphatic carbocycles. The van der Waals surface area contributed by atoms with Crippen LogP contribution >= 0.6 is 0 Å². The Balaban J connectivity index is 2.04. The van der Waals surface area contributed by atoms with Crippen molar-refractivity contribution in [3.05, 3.63) is 88.0 Å². The smallest absolute Gasteiger partial charge is 0.412 e. The van der Waals surface area contributed by atoms with Gasteiger partial charge in [0.05, 0.1) is 24.1 Å². The Labute approximate surface area is 219 Å². The van der Waals surface area contributed by atoms with E-state index in [0.717, 1.165) is 11.1 Å². The summed E-state index contributed by atoms with van der Waals surface area (Å²) in [5, 5.41) is 32.6. The monoisotopic (exact) mass is 522 g/mol. The Morgan fingerprint density at radius 1 is 1.08 bits per heavy atom. The number of ether oxygens (including phenoxy) is 1. The van der Waals surface area contributed by atoms with Crippen LogP contribution in [0.15, 0.2) is 66.7 Å². The Morgan fingerprint density at radius 2 is 1.68 bits per heavy atom. The van der Waals surface area contributed by atoms with E-state index in [4.69, 9.17) is 9.84 Å². The molecule has 2 aromatic carbocycles. The molecule has 12 nitrogen and oxygen atoms in total. The van der Waals surface area contributed by atoms with Crippen molar-refractivity contribution in [1.82, 2.24) is 10.3 Å². The molecule has 0 saturated carbocycles. The van der Waals surface area contributed by atoms with Gasteiger partial charge in [-0.15, -0.1) is 0 Å². The molecule has 1 aromatic heterocycles. The number of carbonyl (C=O) groups is 2. The number of aliphatic carboxylic acids is 1. The SMILES string of the molecule is CCOC(=O)Nc1cc(NC(c2ccccc2)c2ccccc2)c([N+](=O)[O-])c(NCC(C)NCC(=O)O)n1. The molecule has 1 heterocycles. The number of hydrogen-bond acceptors (Lipinski definition) is 9. The van der Waals surface area contributed by atoms with E-state index in [-0.39, 0.29) is 48.7 Å². The van der Waals surface area contributed by atoms with Gasteiger partial charge in [-0.05, 0) is 25.0 Å². The minimum Gasteiger partial charge on any atom is -0.480 e. The van der Waals surface area contributed by atoms with Crippen molar-refractivity contribution < 1.29 is 24.4 Å². The van der Waals surface area contributed by atoms with Crippen molar-refractivity contribution in [1.29, 1.82) is 0 Å². The summed E-state index contributed by atoms with van der Waals surface area (Å²) in [5.74, 6) is -1.10.